The van der Waals surface area contributed by atoms with Gasteiger partial charge in [-0.2, -0.15) is 5.26 Å². The first-order valence-electron chi connectivity index (χ1n) is 5.95. The Kier molecular flexibility index (Phi) is 5.60. The van der Waals surface area contributed by atoms with Gasteiger partial charge in [-0.15, -0.1) is 0 Å². The minimum absolute atomic E-state index is 0.0412. The molecule has 16 heavy (non-hydrogen) atoms. The molecule has 86 valence electrons. The second kappa shape index (κ2) is 7.03. The third-order valence-electron chi connectivity index (χ3n) is 2.75. The molecule has 0 saturated carbocycles. The molecule has 0 heterocycles. The van der Waals surface area contributed by atoms with E-state index in [2.05, 4.69) is 25.2 Å². The standard InChI is InChI=1S/C14H20N2/c1-3-7-12(2)16-11-14(10-15)13-8-5-4-6-9-13/h4-6,8-9,12,14,16H,3,7,11H2,1-2H3. The molecule has 0 radical (unpaired) electrons. The summed E-state index contributed by atoms with van der Waals surface area (Å²) in [6.45, 7) is 5.09. The molecule has 0 saturated heterocycles. The Hall–Kier alpha value is -1.33. The summed E-state index contributed by atoms with van der Waals surface area (Å²) in [6.07, 6.45) is 2.34. The number of nitriles is 1. The van der Waals surface area contributed by atoms with E-state index in [9.17, 15) is 0 Å². The van der Waals surface area contributed by atoms with Crippen LogP contribution in [-0.4, -0.2) is 12.6 Å². The van der Waals surface area contributed by atoms with Gasteiger partial charge < -0.3 is 5.32 Å². The molecule has 0 fully saturated rings. The molecule has 2 heteroatoms. The van der Waals surface area contributed by atoms with E-state index in [1.807, 2.05) is 30.3 Å². The molecule has 0 bridgehead atoms. The monoisotopic (exact) mass is 216 g/mol. The Bertz CT molecular complexity index is 326. The Balaban J connectivity index is 2.48. The van der Waals surface area contributed by atoms with E-state index in [4.69, 9.17) is 5.26 Å². The first-order chi connectivity index (χ1) is 7.77. The highest BCUT2D eigenvalue weighted by Gasteiger charge is 2.10. The van der Waals surface area contributed by atoms with Gasteiger partial charge in [0.1, 0.15) is 0 Å². The van der Waals surface area contributed by atoms with Crippen LogP contribution in [0.15, 0.2) is 30.3 Å². The van der Waals surface area contributed by atoms with Crippen LogP contribution in [0.25, 0.3) is 0 Å². The van der Waals surface area contributed by atoms with Gasteiger partial charge in [-0.25, -0.2) is 0 Å². The first-order valence-corrected chi connectivity index (χ1v) is 5.95. The molecular formula is C14H20N2. The van der Waals surface area contributed by atoms with Gasteiger partial charge in [0.25, 0.3) is 0 Å². The minimum atomic E-state index is -0.0412. The number of nitrogens with one attached hydrogen (secondary N) is 1. The zero-order valence-corrected chi connectivity index (χ0v) is 10.1. The summed E-state index contributed by atoms with van der Waals surface area (Å²) in [7, 11) is 0. The molecule has 0 amide bonds. The zero-order chi connectivity index (χ0) is 11.8. The number of nitrogens with zero attached hydrogens (tertiary/aromatic N) is 1. The lowest BCUT2D eigenvalue weighted by molar-refractivity contribution is 0.501. The summed E-state index contributed by atoms with van der Waals surface area (Å²) in [4.78, 5) is 0. The molecule has 1 aromatic rings. The molecular weight excluding hydrogens is 196 g/mol. The van der Waals surface area contributed by atoms with Gasteiger partial charge in [-0.1, -0.05) is 43.7 Å². The fourth-order valence-corrected chi connectivity index (χ4v) is 1.78. The van der Waals surface area contributed by atoms with Crippen LogP contribution in [0.2, 0.25) is 0 Å². The Morgan fingerprint density at radius 2 is 2.00 bits per heavy atom. The molecule has 1 N–H and O–H groups in total. The Morgan fingerprint density at radius 1 is 1.31 bits per heavy atom. The van der Waals surface area contributed by atoms with Crippen molar-refractivity contribution < 1.29 is 0 Å². The molecule has 1 rings (SSSR count). The minimum Gasteiger partial charge on any atom is -0.313 e. The molecule has 0 spiro atoms. The fraction of sp³-hybridized carbons (Fsp3) is 0.500. The van der Waals surface area contributed by atoms with Gasteiger partial charge in [0.15, 0.2) is 0 Å². The summed E-state index contributed by atoms with van der Waals surface area (Å²) in [5.41, 5.74) is 1.10. The predicted molar refractivity (Wildman–Crippen MR) is 67.2 cm³/mol. The zero-order valence-electron chi connectivity index (χ0n) is 10.1. The highest BCUT2D eigenvalue weighted by molar-refractivity contribution is 5.25. The first kappa shape index (κ1) is 12.7. The van der Waals surface area contributed by atoms with Crippen LogP contribution in [0.3, 0.4) is 0 Å². The predicted octanol–water partition coefficient (Wildman–Crippen LogP) is 3.07. The van der Waals surface area contributed by atoms with Gasteiger partial charge in [-0.05, 0) is 18.9 Å². The highest BCUT2D eigenvalue weighted by Crippen LogP contribution is 2.13. The second-order valence-corrected chi connectivity index (χ2v) is 4.19. The van der Waals surface area contributed by atoms with E-state index in [-0.39, 0.29) is 5.92 Å². The molecule has 1 aromatic carbocycles. The summed E-state index contributed by atoms with van der Waals surface area (Å²) in [5.74, 6) is -0.0412. The van der Waals surface area contributed by atoms with E-state index >= 15 is 0 Å². The molecule has 2 nitrogen and oxygen atoms in total. The van der Waals surface area contributed by atoms with Crippen molar-refractivity contribution in [3.63, 3.8) is 0 Å². The Morgan fingerprint density at radius 3 is 2.56 bits per heavy atom. The quantitative estimate of drug-likeness (QED) is 0.793. The molecule has 2 atom stereocenters. The summed E-state index contributed by atoms with van der Waals surface area (Å²) >= 11 is 0. The van der Waals surface area contributed by atoms with Crippen molar-refractivity contribution in [3.8, 4) is 6.07 Å². The summed E-state index contributed by atoms with van der Waals surface area (Å²) in [6, 6.07) is 12.8. The van der Waals surface area contributed by atoms with Crippen LogP contribution in [-0.2, 0) is 0 Å². The van der Waals surface area contributed by atoms with Crippen LogP contribution < -0.4 is 5.32 Å². The van der Waals surface area contributed by atoms with E-state index in [0.29, 0.717) is 6.04 Å². The molecule has 0 aliphatic rings. The van der Waals surface area contributed by atoms with Crippen molar-refractivity contribution in [3.05, 3.63) is 35.9 Å². The van der Waals surface area contributed by atoms with E-state index in [1.54, 1.807) is 0 Å². The average molecular weight is 216 g/mol. The van der Waals surface area contributed by atoms with E-state index in [0.717, 1.165) is 18.5 Å². The Labute approximate surface area is 98.3 Å². The maximum Gasteiger partial charge on any atom is 0.0837 e. The molecule has 0 aromatic heterocycles. The normalized spacial score (nSPS) is 14.1. The lowest BCUT2D eigenvalue weighted by Crippen LogP contribution is -2.29. The molecule has 0 aliphatic heterocycles. The smallest absolute Gasteiger partial charge is 0.0837 e. The van der Waals surface area contributed by atoms with E-state index in [1.165, 1.54) is 6.42 Å². The van der Waals surface area contributed by atoms with Crippen molar-refractivity contribution in [2.75, 3.05) is 6.54 Å². The van der Waals surface area contributed by atoms with Gasteiger partial charge in [0, 0.05) is 12.6 Å². The maximum absolute atomic E-state index is 9.13. The average Bonchev–Trinajstić information content (AvgIpc) is 2.31. The third-order valence-corrected chi connectivity index (χ3v) is 2.75. The largest absolute Gasteiger partial charge is 0.313 e. The van der Waals surface area contributed by atoms with Gasteiger partial charge in [0.2, 0.25) is 0 Å². The third kappa shape index (κ3) is 4.04. The van der Waals surface area contributed by atoms with Gasteiger partial charge >= 0.3 is 0 Å². The highest BCUT2D eigenvalue weighted by atomic mass is 14.9. The maximum atomic E-state index is 9.13. The molecule has 2 unspecified atom stereocenters. The summed E-state index contributed by atoms with van der Waals surface area (Å²) in [5, 5.41) is 12.5. The van der Waals surface area contributed by atoms with Gasteiger partial charge in [0.05, 0.1) is 12.0 Å². The molecule has 0 aliphatic carbocycles. The van der Waals surface area contributed by atoms with Crippen LogP contribution in [0, 0.1) is 11.3 Å². The van der Waals surface area contributed by atoms with Crippen molar-refractivity contribution in [1.29, 1.82) is 5.26 Å². The van der Waals surface area contributed by atoms with Crippen molar-refractivity contribution >= 4 is 0 Å². The van der Waals surface area contributed by atoms with Crippen LogP contribution in [0.4, 0.5) is 0 Å². The number of benzene rings is 1. The van der Waals surface area contributed by atoms with Crippen molar-refractivity contribution in [1.82, 2.24) is 5.32 Å². The van der Waals surface area contributed by atoms with Crippen molar-refractivity contribution in [2.24, 2.45) is 0 Å². The lowest BCUT2D eigenvalue weighted by atomic mass is 10.0. The topological polar surface area (TPSA) is 35.8 Å². The number of hydrogen-bond acceptors (Lipinski definition) is 2. The van der Waals surface area contributed by atoms with Crippen LogP contribution in [0.5, 0.6) is 0 Å². The van der Waals surface area contributed by atoms with Crippen molar-refractivity contribution in [2.45, 2.75) is 38.6 Å². The van der Waals surface area contributed by atoms with Crippen LogP contribution in [0.1, 0.15) is 38.2 Å². The van der Waals surface area contributed by atoms with E-state index < -0.39 is 0 Å². The fourth-order valence-electron chi connectivity index (χ4n) is 1.78. The summed E-state index contributed by atoms with van der Waals surface area (Å²) < 4.78 is 0. The SMILES string of the molecule is CCCC(C)NCC(C#N)c1ccccc1. The number of rotatable bonds is 6. The lowest BCUT2D eigenvalue weighted by Gasteiger charge is -2.15. The second-order valence-electron chi connectivity index (χ2n) is 4.19. The number of hydrogen-bond donors (Lipinski definition) is 1. The van der Waals surface area contributed by atoms with Crippen LogP contribution >= 0.6 is 0 Å². The van der Waals surface area contributed by atoms with Gasteiger partial charge in [-0.3, -0.25) is 0 Å².